The molecule has 80 valence electrons. The molecule has 3 nitrogen and oxygen atoms in total. The molecule has 0 aliphatic heterocycles. The van der Waals surface area contributed by atoms with Gasteiger partial charge in [0.15, 0.2) is 5.58 Å². The Bertz CT molecular complexity index is 848. The van der Waals surface area contributed by atoms with Crippen molar-refractivity contribution in [2.75, 3.05) is 0 Å². The van der Waals surface area contributed by atoms with E-state index in [1.807, 2.05) is 24.4 Å². The number of fused-ring (bicyclic) bond motifs is 5. The van der Waals surface area contributed by atoms with Crippen LogP contribution in [0.3, 0.4) is 0 Å². The lowest BCUT2D eigenvalue weighted by Gasteiger charge is -2.02. The Kier molecular flexibility index (Phi) is 1.56. The van der Waals surface area contributed by atoms with Crippen LogP contribution in [0.1, 0.15) is 0 Å². The molecule has 3 heteroatoms. The van der Waals surface area contributed by atoms with Gasteiger partial charge in [-0.15, -0.1) is 0 Å². The first-order valence-corrected chi connectivity index (χ1v) is 5.44. The molecule has 0 amide bonds. The summed E-state index contributed by atoms with van der Waals surface area (Å²) >= 11 is 0. The van der Waals surface area contributed by atoms with Crippen LogP contribution in [0.4, 0.5) is 0 Å². The standard InChI is InChI=1S/C14H8N2O/c1-2-9-3-4-10-11(14(9)15-7-1)5-6-13-12(10)8-16-17-13/h1-8H. The molecule has 0 saturated heterocycles. The van der Waals surface area contributed by atoms with Crippen molar-refractivity contribution in [1.82, 2.24) is 10.1 Å². The third kappa shape index (κ3) is 1.11. The maximum Gasteiger partial charge on any atom is 0.167 e. The van der Waals surface area contributed by atoms with Gasteiger partial charge >= 0.3 is 0 Å². The molecule has 0 atom stereocenters. The molecule has 4 rings (SSSR count). The van der Waals surface area contributed by atoms with Gasteiger partial charge < -0.3 is 4.52 Å². The molecule has 0 unspecified atom stereocenters. The Morgan fingerprint density at radius 3 is 2.82 bits per heavy atom. The van der Waals surface area contributed by atoms with E-state index in [2.05, 4.69) is 28.3 Å². The molecule has 17 heavy (non-hydrogen) atoms. The summed E-state index contributed by atoms with van der Waals surface area (Å²) in [6.45, 7) is 0. The predicted octanol–water partition coefficient (Wildman–Crippen LogP) is 3.53. The Balaban J connectivity index is 2.34. The predicted molar refractivity (Wildman–Crippen MR) is 66.8 cm³/mol. The summed E-state index contributed by atoms with van der Waals surface area (Å²) in [5.41, 5.74) is 1.83. The summed E-state index contributed by atoms with van der Waals surface area (Å²) in [5.74, 6) is 0. The maximum absolute atomic E-state index is 5.17. The summed E-state index contributed by atoms with van der Waals surface area (Å²) in [4.78, 5) is 4.45. The first-order chi connectivity index (χ1) is 8.43. The van der Waals surface area contributed by atoms with Crippen LogP contribution in [-0.2, 0) is 0 Å². The van der Waals surface area contributed by atoms with Crippen molar-refractivity contribution >= 4 is 32.6 Å². The fourth-order valence-corrected chi connectivity index (χ4v) is 2.30. The number of aromatic nitrogens is 2. The van der Waals surface area contributed by atoms with Crippen molar-refractivity contribution in [3.63, 3.8) is 0 Å². The fourth-order valence-electron chi connectivity index (χ4n) is 2.30. The van der Waals surface area contributed by atoms with Gasteiger partial charge in [-0.2, -0.15) is 0 Å². The number of pyridine rings is 1. The van der Waals surface area contributed by atoms with Gasteiger partial charge in [-0.05, 0) is 23.6 Å². The molecule has 0 fully saturated rings. The van der Waals surface area contributed by atoms with Crippen LogP contribution >= 0.6 is 0 Å². The molecule has 0 N–H and O–H groups in total. The lowest BCUT2D eigenvalue weighted by Crippen LogP contribution is -1.81. The third-order valence-corrected chi connectivity index (χ3v) is 3.10. The summed E-state index contributed by atoms with van der Waals surface area (Å²) in [6, 6.07) is 12.2. The van der Waals surface area contributed by atoms with E-state index < -0.39 is 0 Å². The molecule has 0 radical (unpaired) electrons. The number of rotatable bonds is 0. The van der Waals surface area contributed by atoms with E-state index in [1.54, 1.807) is 6.20 Å². The van der Waals surface area contributed by atoms with Crippen molar-refractivity contribution in [1.29, 1.82) is 0 Å². The Labute approximate surface area is 96.7 Å². The molecule has 0 aliphatic rings. The topological polar surface area (TPSA) is 38.9 Å². The van der Waals surface area contributed by atoms with Gasteiger partial charge in [0.2, 0.25) is 0 Å². The zero-order chi connectivity index (χ0) is 11.2. The van der Waals surface area contributed by atoms with Crippen LogP contribution in [0.25, 0.3) is 32.6 Å². The van der Waals surface area contributed by atoms with E-state index in [1.165, 1.54) is 0 Å². The summed E-state index contributed by atoms with van der Waals surface area (Å²) in [7, 11) is 0. The fraction of sp³-hybridized carbons (Fsp3) is 0. The second-order valence-electron chi connectivity index (χ2n) is 4.04. The van der Waals surface area contributed by atoms with E-state index in [-0.39, 0.29) is 0 Å². The van der Waals surface area contributed by atoms with Crippen LogP contribution in [0.2, 0.25) is 0 Å². The number of nitrogens with zero attached hydrogens (tertiary/aromatic N) is 2. The second kappa shape index (κ2) is 3.04. The molecule has 0 spiro atoms. The normalized spacial score (nSPS) is 11.5. The van der Waals surface area contributed by atoms with E-state index in [0.29, 0.717) is 0 Å². The average Bonchev–Trinajstić information content (AvgIpc) is 2.86. The van der Waals surface area contributed by atoms with Crippen molar-refractivity contribution in [2.45, 2.75) is 0 Å². The highest BCUT2D eigenvalue weighted by Crippen LogP contribution is 2.29. The average molecular weight is 220 g/mol. The minimum Gasteiger partial charge on any atom is -0.356 e. The highest BCUT2D eigenvalue weighted by atomic mass is 16.5. The number of benzene rings is 2. The van der Waals surface area contributed by atoms with Gasteiger partial charge in [0, 0.05) is 22.4 Å². The van der Waals surface area contributed by atoms with Gasteiger partial charge in [-0.25, -0.2) is 0 Å². The van der Waals surface area contributed by atoms with E-state index >= 15 is 0 Å². The SMILES string of the molecule is c1cnc2c(c1)ccc1c3cnoc3ccc12. The van der Waals surface area contributed by atoms with Gasteiger partial charge in [0.05, 0.1) is 11.7 Å². The van der Waals surface area contributed by atoms with Crippen molar-refractivity contribution in [3.8, 4) is 0 Å². The van der Waals surface area contributed by atoms with Crippen LogP contribution < -0.4 is 0 Å². The number of hydrogen-bond acceptors (Lipinski definition) is 3. The van der Waals surface area contributed by atoms with Gasteiger partial charge in [-0.3, -0.25) is 4.98 Å². The molecular formula is C14H8N2O. The molecule has 2 aromatic heterocycles. The third-order valence-electron chi connectivity index (χ3n) is 3.10. The van der Waals surface area contributed by atoms with Crippen molar-refractivity contribution in [3.05, 3.63) is 48.8 Å². The lowest BCUT2D eigenvalue weighted by atomic mass is 10.0. The van der Waals surface area contributed by atoms with Gasteiger partial charge in [0.1, 0.15) is 0 Å². The Morgan fingerprint density at radius 1 is 0.882 bits per heavy atom. The maximum atomic E-state index is 5.17. The van der Waals surface area contributed by atoms with Crippen LogP contribution in [0.15, 0.2) is 53.3 Å². The van der Waals surface area contributed by atoms with E-state index in [4.69, 9.17) is 4.52 Å². The molecule has 2 heterocycles. The second-order valence-corrected chi connectivity index (χ2v) is 4.04. The molecule has 0 aliphatic carbocycles. The lowest BCUT2D eigenvalue weighted by molar-refractivity contribution is 0.456. The first-order valence-electron chi connectivity index (χ1n) is 5.44. The summed E-state index contributed by atoms with van der Waals surface area (Å²) < 4.78 is 5.17. The van der Waals surface area contributed by atoms with Gasteiger partial charge in [-0.1, -0.05) is 23.4 Å². The first kappa shape index (κ1) is 8.70. The molecular weight excluding hydrogens is 212 g/mol. The van der Waals surface area contributed by atoms with Crippen molar-refractivity contribution < 1.29 is 4.52 Å². The minimum absolute atomic E-state index is 0.813. The molecule has 0 saturated carbocycles. The van der Waals surface area contributed by atoms with Gasteiger partial charge in [0.25, 0.3) is 0 Å². The zero-order valence-corrected chi connectivity index (χ0v) is 8.92. The minimum atomic E-state index is 0.813. The van der Waals surface area contributed by atoms with E-state index in [0.717, 1.165) is 32.6 Å². The highest BCUT2D eigenvalue weighted by molar-refractivity contribution is 6.14. The Hall–Kier alpha value is -2.42. The molecule has 2 aromatic carbocycles. The molecule has 4 aromatic rings. The van der Waals surface area contributed by atoms with Crippen LogP contribution in [0, 0.1) is 0 Å². The summed E-state index contributed by atoms with van der Waals surface area (Å²) in [6.07, 6.45) is 3.58. The largest absolute Gasteiger partial charge is 0.356 e. The Morgan fingerprint density at radius 2 is 1.82 bits per heavy atom. The van der Waals surface area contributed by atoms with Crippen LogP contribution in [-0.4, -0.2) is 10.1 Å². The molecule has 0 bridgehead atoms. The summed E-state index contributed by atoms with van der Waals surface area (Å²) in [5, 5.41) is 8.29. The van der Waals surface area contributed by atoms with Crippen molar-refractivity contribution in [2.24, 2.45) is 0 Å². The van der Waals surface area contributed by atoms with E-state index in [9.17, 15) is 0 Å². The zero-order valence-electron chi connectivity index (χ0n) is 8.92. The van der Waals surface area contributed by atoms with Crippen LogP contribution in [0.5, 0.6) is 0 Å². The number of hydrogen-bond donors (Lipinski definition) is 0. The highest BCUT2D eigenvalue weighted by Gasteiger charge is 2.07. The monoisotopic (exact) mass is 220 g/mol. The smallest absolute Gasteiger partial charge is 0.167 e. The quantitative estimate of drug-likeness (QED) is 0.425.